The van der Waals surface area contributed by atoms with Gasteiger partial charge >= 0.3 is 0 Å². The number of nitrogens with two attached hydrogens (primary N) is 1. The summed E-state index contributed by atoms with van der Waals surface area (Å²) < 4.78 is 0. The third-order valence-electron chi connectivity index (χ3n) is 3.80. The molecule has 1 aromatic heterocycles. The molecule has 0 radical (unpaired) electrons. The molecule has 1 aliphatic rings. The maximum Gasteiger partial charge on any atom is 0.0926 e. The Balaban J connectivity index is 1.93. The fourth-order valence-corrected chi connectivity index (χ4v) is 3.57. The molecule has 96 valence electrons. The first kappa shape index (κ1) is 13.0. The van der Waals surface area contributed by atoms with E-state index in [-0.39, 0.29) is 0 Å². The van der Waals surface area contributed by atoms with Crippen molar-refractivity contribution in [2.45, 2.75) is 45.2 Å². The second kappa shape index (κ2) is 5.94. The second-order valence-corrected chi connectivity index (χ2v) is 5.94. The highest BCUT2D eigenvalue weighted by molar-refractivity contribution is 7.09. The van der Waals surface area contributed by atoms with Gasteiger partial charge in [0.2, 0.25) is 0 Å². The minimum Gasteiger partial charge on any atom is -0.330 e. The Labute approximate surface area is 108 Å². The molecule has 1 saturated carbocycles. The van der Waals surface area contributed by atoms with Crippen molar-refractivity contribution >= 4 is 11.3 Å². The molecule has 0 amide bonds. The van der Waals surface area contributed by atoms with Crippen LogP contribution in [0.2, 0.25) is 0 Å². The van der Waals surface area contributed by atoms with Gasteiger partial charge in [-0.1, -0.05) is 13.3 Å². The van der Waals surface area contributed by atoms with Gasteiger partial charge < -0.3 is 5.73 Å². The molecule has 3 nitrogen and oxygen atoms in total. The molecule has 4 heteroatoms. The summed E-state index contributed by atoms with van der Waals surface area (Å²) >= 11 is 1.78. The van der Waals surface area contributed by atoms with Crippen molar-refractivity contribution in [3.8, 4) is 0 Å². The van der Waals surface area contributed by atoms with Crippen LogP contribution >= 0.6 is 11.3 Å². The van der Waals surface area contributed by atoms with Crippen LogP contribution in [0.4, 0.5) is 0 Å². The van der Waals surface area contributed by atoms with Crippen LogP contribution in [-0.4, -0.2) is 29.5 Å². The third-order valence-corrected chi connectivity index (χ3v) is 4.84. The summed E-state index contributed by atoms with van der Waals surface area (Å²) in [6.07, 6.45) is 4.96. The van der Waals surface area contributed by atoms with E-state index in [4.69, 9.17) is 5.73 Å². The predicted octanol–water partition coefficient (Wildman–Crippen LogP) is 2.26. The van der Waals surface area contributed by atoms with Crippen molar-refractivity contribution in [2.75, 3.05) is 13.6 Å². The highest BCUT2D eigenvalue weighted by atomic mass is 32.1. The summed E-state index contributed by atoms with van der Waals surface area (Å²) in [5, 5.41) is 3.44. The highest BCUT2D eigenvalue weighted by Gasteiger charge is 2.29. The Kier molecular flexibility index (Phi) is 4.54. The van der Waals surface area contributed by atoms with E-state index >= 15 is 0 Å². The number of hydrogen-bond acceptors (Lipinski definition) is 4. The first-order valence-electron chi connectivity index (χ1n) is 6.58. The van der Waals surface area contributed by atoms with Crippen molar-refractivity contribution in [3.63, 3.8) is 0 Å². The zero-order chi connectivity index (χ0) is 12.3. The van der Waals surface area contributed by atoms with Crippen LogP contribution in [0, 0.1) is 5.92 Å². The van der Waals surface area contributed by atoms with Crippen molar-refractivity contribution < 1.29 is 0 Å². The number of aryl methyl sites for hydroxylation is 1. The third kappa shape index (κ3) is 3.06. The number of hydrogen-bond donors (Lipinski definition) is 1. The van der Waals surface area contributed by atoms with Crippen molar-refractivity contribution in [1.82, 2.24) is 9.88 Å². The van der Waals surface area contributed by atoms with Gasteiger partial charge in [0.05, 0.1) is 10.7 Å². The van der Waals surface area contributed by atoms with Gasteiger partial charge in [-0.3, -0.25) is 4.90 Å². The van der Waals surface area contributed by atoms with Crippen molar-refractivity contribution in [2.24, 2.45) is 11.7 Å². The number of thiazole rings is 1. The van der Waals surface area contributed by atoms with Crippen LogP contribution in [0.3, 0.4) is 0 Å². The van der Waals surface area contributed by atoms with E-state index in [1.54, 1.807) is 11.3 Å². The number of rotatable bonds is 5. The summed E-state index contributed by atoms with van der Waals surface area (Å²) in [4.78, 5) is 7.08. The largest absolute Gasteiger partial charge is 0.330 e. The SMILES string of the molecule is CCc1nc(CN(C)C2CCCC2CN)cs1. The lowest BCUT2D eigenvalue weighted by atomic mass is 10.0. The molecular weight excluding hydrogens is 230 g/mol. The van der Waals surface area contributed by atoms with Crippen LogP contribution in [0.25, 0.3) is 0 Å². The number of aromatic nitrogens is 1. The lowest BCUT2D eigenvalue weighted by Gasteiger charge is -2.28. The molecule has 1 fully saturated rings. The second-order valence-electron chi connectivity index (χ2n) is 5.00. The van der Waals surface area contributed by atoms with E-state index in [1.165, 1.54) is 30.0 Å². The average Bonchev–Trinajstić information content (AvgIpc) is 2.96. The Morgan fingerprint density at radius 1 is 1.53 bits per heavy atom. The maximum absolute atomic E-state index is 5.84. The first-order chi connectivity index (χ1) is 8.24. The van der Waals surface area contributed by atoms with Gasteiger partial charge in [0, 0.05) is 18.0 Å². The van der Waals surface area contributed by atoms with Crippen LogP contribution in [0.15, 0.2) is 5.38 Å². The fourth-order valence-electron chi connectivity index (χ4n) is 2.83. The van der Waals surface area contributed by atoms with Gasteiger partial charge in [-0.2, -0.15) is 0 Å². The van der Waals surface area contributed by atoms with Crippen molar-refractivity contribution in [1.29, 1.82) is 0 Å². The van der Waals surface area contributed by atoms with Crippen molar-refractivity contribution in [3.05, 3.63) is 16.1 Å². The Morgan fingerprint density at radius 2 is 2.35 bits per heavy atom. The molecule has 2 atom stereocenters. The zero-order valence-electron chi connectivity index (χ0n) is 10.9. The van der Waals surface area contributed by atoms with Gasteiger partial charge in [-0.15, -0.1) is 11.3 Å². The lowest BCUT2D eigenvalue weighted by molar-refractivity contribution is 0.191. The molecule has 1 heterocycles. The molecule has 2 unspecified atom stereocenters. The van der Waals surface area contributed by atoms with Crippen LogP contribution in [-0.2, 0) is 13.0 Å². The minimum atomic E-state index is 0.659. The van der Waals surface area contributed by atoms with E-state index in [2.05, 4.69) is 29.2 Å². The van der Waals surface area contributed by atoms with E-state index in [9.17, 15) is 0 Å². The predicted molar refractivity (Wildman–Crippen MR) is 73.1 cm³/mol. The molecular formula is C13H23N3S. The summed E-state index contributed by atoms with van der Waals surface area (Å²) in [6.45, 7) is 3.96. The summed E-state index contributed by atoms with van der Waals surface area (Å²) in [5.41, 5.74) is 7.06. The molecule has 2 rings (SSSR count). The van der Waals surface area contributed by atoms with E-state index < -0.39 is 0 Å². The molecule has 0 aromatic carbocycles. The lowest BCUT2D eigenvalue weighted by Crippen LogP contribution is -2.37. The highest BCUT2D eigenvalue weighted by Crippen LogP contribution is 2.29. The van der Waals surface area contributed by atoms with Crippen LogP contribution in [0.5, 0.6) is 0 Å². The average molecular weight is 253 g/mol. The van der Waals surface area contributed by atoms with Gasteiger partial charge in [-0.05, 0) is 38.8 Å². The zero-order valence-corrected chi connectivity index (χ0v) is 11.7. The molecule has 0 saturated heterocycles. The van der Waals surface area contributed by atoms with Gasteiger partial charge in [0.25, 0.3) is 0 Å². The molecule has 0 aliphatic heterocycles. The summed E-state index contributed by atoms with van der Waals surface area (Å²) in [6, 6.07) is 0.659. The Bertz CT molecular complexity index is 350. The molecule has 17 heavy (non-hydrogen) atoms. The van der Waals surface area contributed by atoms with Gasteiger partial charge in [0.15, 0.2) is 0 Å². The molecule has 0 spiro atoms. The number of nitrogens with zero attached hydrogens (tertiary/aromatic N) is 2. The topological polar surface area (TPSA) is 42.2 Å². The first-order valence-corrected chi connectivity index (χ1v) is 7.46. The molecule has 1 aromatic rings. The van der Waals surface area contributed by atoms with Crippen LogP contribution in [0.1, 0.15) is 36.9 Å². The van der Waals surface area contributed by atoms with E-state index in [1.807, 2.05) is 0 Å². The van der Waals surface area contributed by atoms with E-state index in [0.717, 1.165) is 19.5 Å². The van der Waals surface area contributed by atoms with E-state index in [0.29, 0.717) is 12.0 Å². The summed E-state index contributed by atoms with van der Waals surface area (Å²) in [5.74, 6) is 0.685. The Morgan fingerprint density at radius 3 is 3.00 bits per heavy atom. The summed E-state index contributed by atoms with van der Waals surface area (Å²) in [7, 11) is 2.21. The van der Waals surface area contributed by atoms with Crippen LogP contribution < -0.4 is 5.73 Å². The smallest absolute Gasteiger partial charge is 0.0926 e. The van der Waals surface area contributed by atoms with Gasteiger partial charge in [0.1, 0.15) is 0 Å². The quantitative estimate of drug-likeness (QED) is 0.875. The molecule has 2 N–H and O–H groups in total. The molecule has 1 aliphatic carbocycles. The standard InChI is InChI=1S/C13H23N3S/c1-3-13-15-11(9-17-13)8-16(2)12-6-4-5-10(12)7-14/h9-10,12H,3-8,14H2,1-2H3. The molecule has 0 bridgehead atoms. The fraction of sp³-hybridized carbons (Fsp3) is 0.769. The monoisotopic (exact) mass is 253 g/mol. The van der Waals surface area contributed by atoms with Gasteiger partial charge in [-0.25, -0.2) is 4.98 Å². The Hall–Kier alpha value is -0.450. The maximum atomic E-state index is 5.84. The normalized spacial score (nSPS) is 24.7. The minimum absolute atomic E-state index is 0.659.